The maximum Gasteiger partial charge on any atom is 0.251 e. The molecular formula is C18H24N2O3. The molecule has 0 aliphatic carbocycles. The van der Waals surface area contributed by atoms with Gasteiger partial charge in [0.15, 0.2) is 11.5 Å². The Labute approximate surface area is 136 Å². The summed E-state index contributed by atoms with van der Waals surface area (Å²) in [5.41, 5.74) is 0.646. The third-order valence-corrected chi connectivity index (χ3v) is 5.53. The lowest BCUT2D eigenvalue weighted by atomic mass is 9.79. The average molecular weight is 316 g/mol. The molecule has 5 nitrogen and oxygen atoms in total. The summed E-state index contributed by atoms with van der Waals surface area (Å²) < 4.78 is 11.3. The second kappa shape index (κ2) is 5.71. The number of hydrogen-bond acceptors (Lipinski definition) is 4. The largest absolute Gasteiger partial charge is 0.451 e. The van der Waals surface area contributed by atoms with Crippen LogP contribution in [0, 0.1) is 5.92 Å². The lowest BCUT2D eigenvalue weighted by Crippen LogP contribution is -2.62. The molecule has 1 aromatic carbocycles. The molecule has 0 spiro atoms. The van der Waals surface area contributed by atoms with Crippen LogP contribution < -0.4 is 14.8 Å². The maximum atomic E-state index is 12.7. The predicted octanol–water partition coefficient (Wildman–Crippen LogP) is 2.41. The average Bonchev–Trinajstić information content (AvgIpc) is 3.00. The molecule has 0 aromatic heterocycles. The zero-order valence-corrected chi connectivity index (χ0v) is 13.7. The molecule has 3 atom stereocenters. The van der Waals surface area contributed by atoms with Gasteiger partial charge in [-0.05, 0) is 57.0 Å². The first-order chi connectivity index (χ1) is 11.2. The Balaban J connectivity index is 1.48. The number of hydrogen-bond donors (Lipinski definition) is 1. The highest BCUT2D eigenvalue weighted by molar-refractivity contribution is 5.95. The van der Waals surface area contributed by atoms with Gasteiger partial charge in [-0.3, -0.25) is 9.69 Å². The van der Waals surface area contributed by atoms with E-state index in [2.05, 4.69) is 17.1 Å². The summed E-state index contributed by atoms with van der Waals surface area (Å²) in [4.78, 5) is 15.1. The summed E-state index contributed by atoms with van der Waals surface area (Å²) in [7, 11) is 0. The van der Waals surface area contributed by atoms with Gasteiger partial charge in [0.05, 0.1) is 0 Å². The molecule has 1 N–H and O–H groups in total. The summed E-state index contributed by atoms with van der Waals surface area (Å²) >= 11 is 0. The Morgan fingerprint density at radius 3 is 2.70 bits per heavy atom. The molecule has 0 saturated carbocycles. The first-order valence-electron chi connectivity index (χ1n) is 8.68. The van der Waals surface area contributed by atoms with Gasteiger partial charge >= 0.3 is 0 Å². The van der Waals surface area contributed by atoms with E-state index in [1.807, 2.05) is 19.1 Å². The maximum absolute atomic E-state index is 12.7. The van der Waals surface area contributed by atoms with Crippen molar-refractivity contribution in [1.82, 2.24) is 10.2 Å². The number of rotatable bonds is 3. The van der Waals surface area contributed by atoms with Crippen LogP contribution in [0.2, 0.25) is 0 Å². The fourth-order valence-electron chi connectivity index (χ4n) is 4.09. The monoisotopic (exact) mass is 316 g/mol. The summed E-state index contributed by atoms with van der Waals surface area (Å²) in [6.07, 6.45) is 2.93. The van der Waals surface area contributed by atoms with Crippen LogP contribution in [0.4, 0.5) is 0 Å². The highest BCUT2D eigenvalue weighted by Gasteiger charge is 2.40. The summed E-state index contributed by atoms with van der Waals surface area (Å²) in [6.45, 7) is 6.57. The van der Waals surface area contributed by atoms with E-state index < -0.39 is 0 Å². The second-order valence-electron chi connectivity index (χ2n) is 6.85. The van der Waals surface area contributed by atoms with Crippen molar-refractivity contribution in [3.63, 3.8) is 0 Å². The van der Waals surface area contributed by atoms with E-state index in [1.54, 1.807) is 6.07 Å². The highest BCUT2D eigenvalue weighted by atomic mass is 16.7. The third-order valence-electron chi connectivity index (χ3n) is 5.53. The van der Waals surface area contributed by atoms with Crippen molar-refractivity contribution in [3.8, 4) is 11.5 Å². The third kappa shape index (κ3) is 2.57. The van der Waals surface area contributed by atoms with Crippen LogP contribution >= 0.6 is 0 Å². The molecule has 4 aliphatic rings. The smallest absolute Gasteiger partial charge is 0.251 e. The Hall–Kier alpha value is -1.75. The fourth-order valence-corrected chi connectivity index (χ4v) is 4.09. The van der Waals surface area contributed by atoms with Crippen molar-refractivity contribution >= 4 is 5.91 Å². The van der Waals surface area contributed by atoms with Gasteiger partial charge in [0.25, 0.3) is 5.91 Å². The van der Waals surface area contributed by atoms with Gasteiger partial charge < -0.3 is 14.8 Å². The number of piperidine rings is 3. The highest BCUT2D eigenvalue weighted by Crippen LogP contribution is 2.36. The molecule has 5 heteroatoms. The van der Waals surface area contributed by atoms with Crippen LogP contribution in [-0.4, -0.2) is 42.3 Å². The minimum Gasteiger partial charge on any atom is -0.451 e. The number of ether oxygens (including phenoxy) is 2. The number of benzene rings is 1. The fraction of sp³-hybridized carbons (Fsp3) is 0.611. The van der Waals surface area contributed by atoms with Gasteiger partial charge in [0.2, 0.25) is 6.29 Å². The minimum atomic E-state index is -0.231. The van der Waals surface area contributed by atoms with Gasteiger partial charge in [0.1, 0.15) is 0 Å². The molecule has 124 valence electrons. The van der Waals surface area contributed by atoms with E-state index in [0.717, 1.165) is 12.2 Å². The van der Waals surface area contributed by atoms with Gasteiger partial charge in [-0.25, -0.2) is 0 Å². The second-order valence-corrected chi connectivity index (χ2v) is 6.85. The van der Waals surface area contributed by atoms with Gasteiger partial charge in [0, 0.05) is 24.1 Å². The number of amides is 1. The van der Waals surface area contributed by atoms with E-state index in [0.29, 0.717) is 23.3 Å². The van der Waals surface area contributed by atoms with Crippen molar-refractivity contribution in [3.05, 3.63) is 23.8 Å². The lowest BCUT2D eigenvalue weighted by Gasteiger charge is -2.49. The Morgan fingerprint density at radius 2 is 2.00 bits per heavy atom. The normalized spacial score (nSPS) is 34.4. The van der Waals surface area contributed by atoms with Crippen LogP contribution in [0.3, 0.4) is 0 Å². The number of fused-ring (bicyclic) bond motifs is 4. The SMILES string of the molecule is CCC1Oc2ccc(C(=O)NC3C4CCN(CC4)C3C)cc2O1. The van der Waals surface area contributed by atoms with Crippen LogP contribution in [0.25, 0.3) is 0 Å². The zero-order chi connectivity index (χ0) is 16.0. The van der Waals surface area contributed by atoms with Crippen LogP contribution in [0.1, 0.15) is 43.5 Å². The Morgan fingerprint density at radius 1 is 1.26 bits per heavy atom. The Kier molecular flexibility index (Phi) is 3.68. The topological polar surface area (TPSA) is 50.8 Å². The van der Waals surface area contributed by atoms with E-state index in [9.17, 15) is 4.79 Å². The number of nitrogens with zero attached hydrogens (tertiary/aromatic N) is 1. The number of carbonyl (C=O) groups is 1. The van der Waals surface area contributed by atoms with E-state index >= 15 is 0 Å². The molecular weight excluding hydrogens is 292 g/mol. The molecule has 5 rings (SSSR count). The molecule has 1 aromatic rings. The first kappa shape index (κ1) is 14.8. The van der Waals surface area contributed by atoms with Gasteiger partial charge in [-0.2, -0.15) is 0 Å². The van der Waals surface area contributed by atoms with Gasteiger partial charge in [-0.15, -0.1) is 0 Å². The molecule has 1 amide bonds. The summed E-state index contributed by atoms with van der Waals surface area (Å²) in [6, 6.07) is 6.12. The van der Waals surface area contributed by atoms with Crippen LogP contribution in [0.5, 0.6) is 11.5 Å². The zero-order valence-electron chi connectivity index (χ0n) is 13.7. The molecule has 2 bridgehead atoms. The first-order valence-corrected chi connectivity index (χ1v) is 8.68. The molecule has 3 fully saturated rings. The van der Waals surface area contributed by atoms with Crippen LogP contribution in [0.15, 0.2) is 18.2 Å². The standard InChI is InChI=1S/C18H24N2O3/c1-3-16-22-14-5-4-13(10-15(14)23-16)18(21)19-17-11(2)20-8-6-12(17)7-9-20/h4-5,10-12,16-17H,3,6-9H2,1-2H3,(H,19,21). The van der Waals surface area contributed by atoms with Gasteiger partial charge in [-0.1, -0.05) is 6.92 Å². The van der Waals surface area contributed by atoms with Crippen molar-refractivity contribution in [2.24, 2.45) is 5.92 Å². The van der Waals surface area contributed by atoms with E-state index in [1.165, 1.54) is 25.9 Å². The van der Waals surface area contributed by atoms with Crippen molar-refractivity contribution in [2.75, 3.05) is 13.1 Å². The van der Waals surface area contributed by atoms with E-state index in [4.69, 9.17) is 9.47 Å². The van der Waals surface area contributed by atoms with Crippen molar-refractivity contribution in [2.45, 2.75) is 51.5 Å². The van der Waals surface area contributed by atoms with Crippen molar-refractivity contribution < 1.29 is 14.3 Å². The number of nitrogens with one attached hydrogen (secondary N) is 1. The lowest BCUT2D eigenvalue weighted by molar-refractivity contribution is 0.0217. The minimum absolute atomic E-state index is 0.0121. The molecule has 3 saturated heterocycles. The molecule has 0 radical (unpaired) electrons. The molecule has 4 heterocycles. The summed E-state index contributed by atoms with van der Waals surface area (Å²) in [5, 5.41) is 3.26. The number of carbonyl (C=O) groups excluding carboxylic acids is 1. The van der Waals surface area contributed by atoms with Crippen LogP contribution in [-0.2, 0) is 0 Å². The molecule has 3 unspecified atom stereocenters. The predicted molar refractivity (Wildman–Crippen MR) is 86.8 cm³/mol. The molecule has 4 aliphatic heterocycles. The van der Waals surface area contributed by atoms with Crippen molar-refractivity contribution in [1.29, 1.82) is 0 Å². The summed E-state index contributed by atoms with van der Waals surface area (Å²) in [5.74, 6) is 2.00. The van der Waals surface area contributed by atoms with E-state index in [-0.39, 0.29) is 18.2 Å². The Bertz CT molecular complexity index is 608. The quantitative estimate of drug-likeness (QED) is 0.930. The molecule has 23 heavy (non-hydrogen) atoms.